The third-order valence-corrected chi connectivity index (χ3v) is 4.22. The number of carbonyl (C=O) groups is 1. The van der Waals surface area contributed by atoms with Crippen LogP contribution in [0.3, 0.4) is 0 Å². The molecule has 0 saturated carbocycles. The minimum Gasteiger partial charge on any atom is -0.490 e. The summed E-state index contributed by atoms with van der Waals surface area (Å²) in [4.78, 5) is 12.2. The zero-order chi connectivity index (χ0) is 17.9. The van der Waals surface area contributed by atoms with Crippen molar-refractivity contribution < 1.29 is 9.53 Å². The van der Waals surface area contributed by atoms with Crippen LogP contribution in [0.1, 0.15) is 63.2 Å². The summed E-state index contributed by atoms with van der Waals surface area (Å²) in [6, 6.07) is 5.24. The lowest BCUT2D eigenvalue weighted by atomic mass is 10.1. The van der Waals surface area contributed by atoms with Crippen LogP contribution in [-0.4, -0.2) is 23.7 Å². The zero-order valence-electron chi connectivity index (χ0n) is 14.7. The van der Waals surface area contributed by atoms with E-state index in [1.54, 1.807) is 18.2 Å². The molecule has 0 aliphatic rings. The third-order valence-electron chi connectivity index (χ3n) is 3.35. The number of halogens is 1. The number of benzene rings is 1. The van der Waals surface area contributed by atoms with Crippen molar-refractivity contribution in [3.63, 3.8) is 0 Å². The number of unbranched alkanes of at least 4 members (excludes halogenated alkanes) is 4. The monoisotopic (exact) mass is 414 g/mol. The third kappa shape index (κ3) is 8.11. The number of ether oxygens (including phenoxy) is 1. The van der Waals surface area contributed by atoms with E-state index in [2.05, 4.69) is 33.5 Å². The Morgan fingerprint density at radius 1 is 1.25 bits per heavy atom. The molecule has 0 aliphatic carbocycles. The minimum atomic E-state index is -0.227. The highest BCUT2D eigenvalue weighted by Crippen LogP contribution is 2.26. The molecular weight excluding hydrogens is 388 g/mol. The van der Waals surface area contributed by atoms with Crippen LogP contribution in [0, 0.1) is 0 Å². The number of carbonyl (C=O) groups excluding carboxylic acids is 1. The molecule has 0 heterocycles. The SMILES string of the molecule is CCCCCCCNC(=S)NC(=O)c1ccc(OC(C)C)c(Br)c1. The molecule has 0 atom stereocenters. The molecule has 1 rings (SSSR count). The van der Waals surface area contributed by atoms with Gasteiger partial charge in [0.05, 0.1) is 10.6 Å². The zero-order valence-corrected chi connectivity index (χ0v) is 17.1. The number of nitrogens with one attached hydrogen (secondary N) is 2. The predicted molar refractivity (Wildman–Crippen MR) is 107 cm³/mol. The van der Waals surface area contributed by atoms with E-state index in [0.29, 0.717) is 16.4 Å². The summed E-state index contributed by atoms with van der Waals surface area (Å²) in [7, 11) is 0. The fourth-order valence-electron chi connectivity index (χ4n) is 2.14. The van der Waals surface area contributed by atoms with Gasteiger partial charge in [-0.25, -0.2) is 0 Å². The van der Waals surface area contributed by atoms with Crippen LogP contribution in [0.2, 0.25) is 0 Å². The average molecular weight is 415 g/mol. The number of rotatable bonds is 9. The van der Waals surface area contributed by atoms with E-state index in [9.17, 15) is 4.79 Å². The van der Waals surface area contributed by atoms with Crippen molar-refractivity contribution in [2.45, 2.75) is 59.0 Å². The Kier molecular flexibility index (Phi) is 9.95. The second-order valence-corrected chi connectivity index (χ2v) is 7.20. The second-order valence-electron chi connectivity index (χ2n) is 5.94. The second kappa shape index (κ2) is 11.4. The highest BCUT2D eigenvalue weighted by Gasteiger charge is 2.11. The number of thiocarbonyl (C=S) groups is 1. The van der Waals surface area contributed by atoms with Gasteiger partial charge in [0.15, 0.2) is 5.11 Å². The number of amides is 1. The lowest BCUT2D eigenvalue weighted by Gasteiger charge is -2.13. The fraction of sp³-hybridized carbons (Fsp3) is 0.556. The molecule has 0 aliphatic heterocycles. The molecule has 0 bridgehead atoms. The maximum absolute atomic E-state index is 12.2. The molecule has 1 amide bonds. The lowest BCUT2D eigenvalue weighted by Crippen LogP contribution is -2.39. The van der Waals surface area contributed by atoms with Gasteiger partial charge in [0, 0.05) is 12.1 Å². The van der Waals surface area contributed by atoms with Gasteiger partial charge in [-0.05, 0) is 66.6 Å². The Labute approximate surface area is 158 Å². The Morgan fingerprint density at radius 3 is 2.58 bits per heavy atom. The molecule has 2 N–H and O–H groups in total. The topological polar surface area (TPSA) is 50.4 Å². The van der Waals surface area contributed by atoms with Crippen molar-refractivity contribution in [3.8, 4) is 5.75 Å². The maximum Gasteiger partial charge on any atom is 0.257 e. The normalized spacial score (nSPS) is 10.5. The van der Waals surface area contributed by atoms with Crippen LogP contribution in [-0.2, 0) is 0 Å². The van der Waals surface area contributed by atoms with Gasteiger partial charge in [-0.15, -0.1) is 0 Å². The predicted octanol–water partition coefficient (Wildman–Crippen LogP) is 4.81. The standard InChI is InChI=1S/C18H27BrN2O2S/c1-4-5-6-7-8-11-20-18(24)21-17(22)14-9-10-16(15(19)12-14)23-13(2)3/h9-10,12-13H,4-8,11H2,1-3H3,(H2,20,21,22,24). The summed E-state index contributed by atoms with van der Waals surface area (Å²) in [6.45, 7) is 6.90. The van der Waals surface area contributed by atoms with E-state index in [1.807, 2.05) is 13.8 Å². The molecule has 1 aromatic rings. The largest absolute Gasteiger partial charge is 0.490 e. The van der Waals surface area contributed by atoms with Crippen molar-refractivity contribution in [2.24, 2.45) is 0 Å². The van der Waals surface area contributed by atoms with Crippen LogP contribution >= 0.6 is 28.1 Å². The van der Waals surface area contributed by atoms with Gasteiger partial charge in [0.2, 0.25) is 0 Å². The summed E-state index contributed by atoms with van der Waals surface area (Å²) < 4.78 is 6.39. The average Bonchev–Trinajstić information content (AvgIpc) is 2.52. The molecule has 24 heavy (non-hydrogen) atoms. The van der Waals surface area contributed by atoms with Gasteiger partial charge >= 0.3 is 0 Å². The van der Waals surface area contributed by atoms with Gasteiger partial charge in [0.25, 0.3) is 5.91 Å². The first-order valence-corrected chi connectivity index (χ1v) is 9.69. The molecule has 4 nitrogen and oxygen atoms in total. The van der Waals surface area contributed by atoms with Gasteiger partial charge in [-0.1, -0.05) is 32.6 Å². The van der Waals surface area contributed by atoms with Gasteiger partial charge < -0.3 is 10.1 Å². The minimum absolute atomic E-state index is 0.0788. The summed E-state index contributed by atoms with van der Waals surface area (Å²) in [6.07, 6.45) is 6.07. The Morgan fingerprint density at radius 2 is 1.96 bits per heavy atom. The van der Waals surface area contributed by atoms with E-state index in [0.717, 1.165) is 17.4 Å². The Bertz CT molecular complexity index is 550. The van der Waals surface area contributed by atoms with Crippen LogP contribution in [0.5, 0.6) is 5.75 Å². The van der Waals surface area contributed by atoms with E-state index >= 15 is 0 Å². The first kappa shape index (κ1) is 20.9. The van der Waals surface area contributed by atoms with E-state index in [-0.39, 0.29) is 12.0 Å². The van der Waals surface area contributed by atoms with Crippen LogP contribution in [0.4, 0.5) is 0 Å². The fourth-order valence-corrected chi connectivity index (χ4v) is 2.81. The molecule has 0 saturated heterocycles. The van der Waals surface area contributed by atoms with Crippen LogP contribution in [0.15, 0.2) is 22.7 Å². The number of hydrogen-bond acceptors (Lipinski definition) is 3. The van der Waals surface area contributed by atoms with Gasteiger partial charge in [0.1, 0.15) is 5.75 Å². The first-order chi connectivity index (χ1) is 11.4. The Hall–Kier alpha value is -1.14. The molecule has 0 radical (unpaired) electrons. The molecule has 0 fully saturated rings. The molecule has 0 unspecified atom stereocenters. The van der Waals surface area contributed by atoms with Crippen molar-refractivity contribution in [1.29, 1.82) is 0 Å². The van der Waals surface area contributed by atoms with Gasteiger partial charge in [-0.2, -0.15) is 0 Å². The van der Waals surface area contributed by atoms with E-state index in [1.165, 1.54) is 25.7 Å². The summed E-state index contributed by atoms with van der Waals surface area (Å²) >= 11 is 8.60. The molecule has 6 heteroatoms. The van der Waals surface area contributed by atoms with Crippen molar-refractivity contribution in [2.75, 3.05) is 6.54 Å². The smallest absolute Gasteiger partial charge is 0.257 e. The molecule has 134 valence electrons. The summed E-state index contributed by atoms with van der Waals surface area (Å²) in [5.41, 5.74) is 0.532. The highest BCUT2D eigenvalue weighted by atomic mass is 79.9. The summed E-state index contributed by atoms with van der Waals surface area (Å²) in [5.74, 6) is 0.490. The lowest BCUT2D eigenvalue weighted by molar-refractivity contribution is 0.0976. The molecule has 1 aromatic carbocycles. The summed E-state index contributed by atoms with van der Waals surface area (Å²) in [5, 5.41) is 6.15. The Balaban J connectivity index is 2.41. The number of hydrogen-bond donors (Lipinski definition) is 2. The van der Waals surface area contributed by atoms with E-state index < -0.39 is 0 Å². The van der Waals surface area contributed by atoms with Crippen molar-refractivity contribution in [3.05, 3.63) is 28.2 Å². The van der Waals surface area contributed by atoms with Crippen LogP contribution in [0.25, 0.3) is 0 Å². The molecule has 0 spiro atoms. The molecular formula is C18H27BrN2O2S. The van der Waals surface area contributed by atoms with Crippen molar-refractivity contribution >= 4 is 39.2 Å². The van der Waals surface area contributed by atoms with E-state index in [4.69, 9.17) is 17.0 Å². The van der Waals surface area contributed by atoms with Gasteiger partial charge in [-0.3, -0.25) is 10.1 Å². The quantitative estimate of drug-likeness (QED) is 0.449. The highest BCUT2D eigenvalue weighted by molar-refractivity contribution is 9.10. The maximum atomic E-state index is 12.2. The molecule has 0 aromatic heterocycles. The first-order valence-electron chi connectivity index (χ1n) is 8.49. The van der Waals surface area contributed by atoms with Crippen LogP contribution < -0.4 is 15.4 Å². The van der Waals surface area contributed by atoms with Crippen molar-refractivity contribution in [1.82, 2.24) is 10.6 Å².